The number of hydrogen-bond donors (Lipinski definition) is 1. The molecule has 5 heteroatoms. The van der Waals surface area contributed by atoms with Gasteiger partial charge in [-0.3, -0.25) is 4.79 Å². The van der Waals surface area contributed by atoms with Gasteiger partial charge in [0.15, 0.2) is 5.65 Å². The summed E-state index contributed by atoms with van der Waals surface area (Å²) in [6.07, 6.45) is 5.89. The number of carboxylic acids is 1. The summed E-state index contributed by atoms with van der Waals surface area (Å²) in [6.45, 7) is 6.54. The first-order chi connectivity index (χ1) is 11.3. The minimum atomic E-state index is -0.821. The second-order valence-corrected chi connectivity index (χ2v) is 6.96. The van der Waals surface area contributed by atoms with Gasteiger partial charge in [-0.15, -0.1) is 0 Å². The number of carbonyl (C=O) groups is 1. The van der Waals surface area contributed by atoms with Crippen molar-refractivity contribution >= 4 is 11.6 Å². The lowest BCUT2D eigenvalue weighted by Gasteiger charge is -2.19. The molecule has 1 aromatic carbocycles. The fourth-order valence-corrected chi connectivity index (χ4v) is 2.66. The van der Waals surface area contributed by atoms with Gasteiger partial charge in [-0.1, -0.05) is 45.0 Å². The van der Waals surface area contributed by atoms with E-state index < -0.39 is 5.97 Å². The molecule has 2 heterocycles. The van der Waals surface area contributed by atoms with E-state index in [-0.39, 0.29) is 11.8 Å². The van der Waals surface area contributed by atoms with Crippen LogP contribution >= 0.6 is 0 Å². The molecular weight excluding hydrogens is 302 g/mol. The van der Waals surface area contributed by atoms with Crippen molar-refractivity contribution in [3.05, 3.63) is 54.1 Å². The van der Waals surface area contributed by atoms with Gasteiger partial charge in [0.1, 0.15) is 5.69 Å². The molecule has 0 fully saturated rings. The number of carboxylic acid groups (broad SMARTS) is 1. The molecule has 2 aromatic heterocycles. The van der Waals surface area contributed by atoms with Crippen molar-refractivity contribution in [1.82, 2.24) is 14.4 Å². The van der Waals surface area contributed by atoms with Gasteiger partial charge < -0.3 is 9.51 Å². The lowest BCUT2D eigenvalue weighted by Crippen LogP contribution is -2.10. The van der Waals surface area contributed by atoms with Gasteiger partial charge in [0.05, 0.1) is 12.1 Å². The van der Waals surface area contributed by atoms with E-state index in [1.165, 1.54) is 5.56 Å². The van der Waals surface area contributed by atoms with E-state index in [0.717, 1.165) is 22.6 Å². The maximum Gasteiger partial charge on any atom is 0.303 e. The summed E-state index contributed by atoms with van der Waals surface area (Å²) >= 11 is 0. The minimum Gasteiger partial charge on any atom is -0.481 e. The van der Waals surface area contributed by atoms with Crippen LogP contribution in [0.4, 0.5) is 0 Å². The van der Waals surface area contributed by atoms with Crippen molar-refractivity contribution in [2.45, 2.75) is 39.0 Å². The van der Waals surface area contributed by atoms with E-state index in [1.807, 2.05) is 16.8 Å². The fraction of sp³-hybridized carbons (Fsp3) is 0.316. The molecular formula is C19H21N3O2. The largest absolute Gasteiger partial charge is 0.481 e. The van der Waals surface area contributed by atoms with Gasteiger partial charge >= 0.3 is 5.97 Å². The number of rotatable bonds is 4. The molecule has 0 saturated heterocycles. The van der Waals surface area contributed by atoms with E-state index in [4.69, 9.17) is 5.11 Å². The number of aliphatic carboxylic acids is 1. The molecule has 1 N–H and O–H groups in total. The first kappa shape index (κ1) is 16.2. The Labute approximate surface area is 141 Å². The van der Waals surface area contributed by atoms with Crippen molar-refractivity contribution in [3.8, 4) is 11.3 Å². The van der Waals surface area contributed by atoms with Crippen molar-refractivity contribution in [2.24, 2.45) is 0 Å². The van der Waals surface area contributed by atoms with Gasteiger partial charge in [0.25, 0.3) is 0 Å². The molecule has 0 amide bonds. The zero-order valence-corrected chi connectivity index (χ0v) is 14.2. The highest BCUT2D eigenvalue weighted by Gasteiger charge is 2.15. The summed E-state index contributed by atoms with van der Waals surface area (Å²) in [4.78, 5) is 19.9. The van der Waals surface area contributed by atoms with Gasteiger partial charge in [-0.2, -0.15) is 0 Å². The summed E-state index contributed by atoms with van der Waals surface area (Å²) in [5, 5.41) is 8.89. The van der Waals surface area contributed by atoms with Crippen LogP contribution in [0, 0.1) is 0 Å². The predicted molar refractivity (Wildman–Crippen MR) is 93.1 cm³/mol. The topological polar surface area (TPSA) is 67.5 Å². The molecule has 124 valence electrons. The highest BCUT2D eigenvalue weighted by atomic mass is 16.4. The number of fused-ring (bicyclic) bond motifs is 1. The van der Waals surface area contributed by atoms with Gasteiger partial charge in [-0.05, 0) is 11.0 Å². The molecule has 0 aliphatic heterocycles. The molecule has 5 nitrogen and oxygen atoms in total. The molecule has 0 spiro atoms. The zero-order chi connectivity index (χ0) is 17.3. The number of hydrogen-bond acceptors (Lipinski definition) is 3. The number of aryl methyl sites for hydroxylation is 1. The van der Waals surface area contributed by atoms with Crippen molar-refractivity contribution in [1.29, 1.82) is 0 Å². The molecule has 3 aromatic rings. The third kappa shape index (κ3) is 3.30. The van der Waals surface area contributed by atoms with E-state index >= 15 is 0 Å². The van der Waals surface area contributed by atoms with E-state index in [1.54, 1.807) is 6.20 Å². The smallest absolute Gasteiger partial charge is 0.303 e. The first-order valence-electron chi connectivity index (χ1n) is 8.00. The van der Waals surface area contributed by atoms with Crippen LogP contribution < -0.4 is 0 Å². The first-order valence-corrected chi connectivity index (χ1v) is 8.00. The second kappa shape index (κ2) is 6.07. The number of aromatic nitrogens is 3. The number of imidazole rings is 1. The van der Waals surface area contributed by atoms with Crippen LogP contribution in [0.25, 0.3) is 16.9 Å². The van der Waals surface area contributed by atoms with E-state index in [9.17, 15) is 4.79 Å². The van der Waals surface area contributed by atoms with Gasteiger partial charge in [0, 0.05) is 30.6 Å². The minimum absolute atomic E-state index is 0.0651. The molecule has 0 radical (unpaired) electrons. The Kier molecular flexibility index (Phi) is 4.09. The van der Waals surface area contributed by atoms with E-state index in [2.05, 4.69) is 55.0 Å². The van der Waals surface area contributed by atoms with Crippen molar-refractivity contribution in [2.75, 3.05) is 0 Å². The average Bonchev–Trinajstić information content (AvgIpc) is 3.00. The lowest BCUT2D eigenvalue weighted by molar-refractivity contribution is -0.136. The molecule has 3 rings (SSSR count). The van der Waals surface area contributed by atoms with Crippen LogP contribution in [-0.4, -0.2) is 25.4 Å². The van der Waals surface area contributed by atoms with Crippen molar-refractivity contribution < 1.29 is 9.90 Å². The summed E-state index contributed by atoms with van der Waals surface area (Å²) in [6, 6.07) is 8.33. The van der Waals surface area contributed by atoms with Crippen LogP contribution in [0.3, 0.4) is 0 Å². The third-order valence-electron chi connectivity index (χ3n) is 4.04. The lowest BCUT2D eigenvalue weighted by atomic mass is 9.86. The number of benzene rings is 1. The molecule has 0 unspecified atom stereocenters. The van der Waals surface area contributed by atoms with E-state index in [0.29, 0.717) is 6.42 Å². The Morgan fingerprint density at radius 3 is 2.54 bits per heavy atom. The Morgan fingerprint density at radius 1 is 1.21 bits per heavy atom. The van der Waals surface area contributed by atoms with Gasteiger partial charge in [0.2, 0.25) is 0 Å². The summed E-state index contributed by atoms with van der Waals surface area (Å²) in [7, 11) is 0. The van der Waals surface area contributed by atoms with Crippen LogP contribution in [0.5, 0.6) is 0 Å². The quantitative estimate of drug-likeness (QED) is 0.795. The molecule has 0 saturated carbocycles. The second-order valence-electron chi connectivity index (χ2n) is 6.96. The van der Waals surface area contributed by atoms with Crippen LogP contribution in [0.1, 0.15) is 38.4 Å². The monoisotopic (exact) mass is 323 g/mol. The predicted octanol–water partition coefficient (Wildman–Crippen LogP) is 3.71. The summed E-state index contributed by atoms with van der Waals surface area (Å²) in [5.74, 6) is -0.821. The SMILES string of the molecule is CC(C)(C)c1ccc(-c2nc(CCC(=O)O)cn3ccnc23)cc1. The highest BCUT2D eigenvalue weighted by Crippen LogP contribution is 2.27. The Morgan fingerprint density at radius 2 is 1.92 bits per heavy atom. The Bertz CT molecular complexity index is 874. The Hall–Kier alpha value is -2.69. The highest BCUT2D eigenvalue weighted by molar-refractivity contribution is 5.74. The molecule has 24 heavy (non-hydrogen) atoms. The summed E-state index contributed by atoms with van der Waals surface area (Å²) in [5.41, 5.74) is 4.64. The standard InChI is InChI=1S/C19H21N3O2/c1-19(2,3)14-6-4-13(5-7-14)17-18-20-10-11-22(18)12-15(21-17)8-9-16(23)24/h4-7,10-12H,8-9H2,1-3H3,(H,23,24). The zero-order valence-electron chi connectivity index (χ0n) is 14.2. The Balaban J connectivity index is 2.04. The van der Waals surface area contributed by atoms with Crippen LogP contribution in [0.2, 0.25) is 0 Å². The fourth-order valence-electron chi connectivity index (χ4n) is 2.66. The maximum absolute atomic E-state index is 10.8. The number of nitrogens with zero attached hydrogens (tertiary/aromatic N) is 3. The van der Waals surface area contributed by atoms with Crippen LogP contribution in [-0.2, 0) is 16.6 Å². The van der Waals surface area contributed by atoms with Crippen LogP contribution in [0.15, 0.2) is 42.9 Å². The van der Waals surface area contributed by atoms with Gasteiger partial charge in [-0.25, -0.2) is 9.97 Å². The molecule has 0 bridgehead atoms. The molecule has 0 aliphatic rings. The van der Waals surface area contributed by atoms with Crippen molar-refractivity contribution in [3.63, 3.8) is 0 Å². The summed E-state index contributed by atoms with van der Waals surface area (Å²) < 4.78 is 1.90. The third-order valence-corrected chi connectivity index (χ3v) is 4.04. The average molecular weight is 323 g/mol. The molecule has 0 atom stereocenters. The molecule has 0 aliphatic carbocycles. The maximum atomic E-state index is 10.8. The normalized spacial score (nSPS) is 11.8.